The van der Waals surface area contributed by atoms with E-state index in [0.717, 1.165) is 17.7 Å². The van der Waals surface area contributed by atoms with Gasteiger partial charge >= 0.3 is 0 Å². The van der Waals surface area contributed by atoms with E-state index in [0.29, 0.717) is 5.13 Å². The molecule has 2 aromatic rings. The van der Waals surface area contributed by atoms with Gasteiger partial charge in [-0.15, -0.1) is 28.3 Å². The van der Waals surface area contributed by atoms with Crippen molar-refractivity contribution in [3.63, 3.8) is 0 Å². The van der Waals surface area contributed by atoms with Crippen LogP contribution in [0.5, 0.6) is 0 Å². The molecule has 1 heterocycles. The molecular formula is C13H17BrN2S. The first-order chi connectivity index (χ1) is 7.79. The Hall–Kier alpha value is -0.870. The maximum Gasteiger partial charge on any atom is 0.180 e. The number of rotatable bonds is 4. The van der Waals surface area contributed by atoms with Gasteiger partial charge in [-0.2, -0.15) is 0 Å². The van der Waals surface area contributed by atoms with Crippen molar-refractivity contribution in [2.45, 2.75) is 26.2 Å². The summed E-state index contributed by atoms with van der Waals surface area (Å²) in [6.07, 6.45) is 3.66. The van der Waals surface area contributed by atoms with Crippen LogP contribution in [0, 0.1) is 0 Å². The first kappa shape index (κ1) is 14.2. The molecule has 0 amide bonds. The smallest absolute Gasteiger partial charge is 0.180 e. The van der Waals surface area contributed by atoms with E-state index in [2.05, 4.69) is 36.2 Å². The van der Waals surface area contributed by atoms with Crippen molar-refractivity contribution < 1.29 is 0 Å². The van der Waals surface area contributed by atoms with E-state index in [4.69, 9.17) is 5.73 Å². The van der Waals surface area contributed by atoms with Crippen LogP contribution in [-0.2, 0) is 6.42 Å². The lowest BCUT2D eigenvalue weighted by molar-refractivity contribution is 0.795. The summed E-state index contributed by atoms with van der Waals surface area (Å²) in [4.78, 5) is 4.27. The standard InChI is InChI=1S/C13H16N2S.BrH/c1-2-3-4-10-5-7-11(8-6-10)12-9-16-13(14)15-12;/h5-9H,2-4H2,1H3,(H2,14,15);1H. The summed E-state index contributed by atoms with van der Waals surface area (Å²) < 4.78 is 0. The Labute approximate surface area is 117 Å². The van der Waals surface area contributed by atoms with Crippen LogP contribution in [0.4, 0.5) is 5.13 Å². The number of anilines is 1. The number of thiazole rings is 1. The Kier molecular flexibility index (Phi) is 5.65. The van der Waals surface area contributed by atoms with Gasteiger partial charge in [0.1, 0.15) is 0 Å². The molecule has 0 unspecified atom stereocenters. The van der Waals surface area contributed by atoms with E-state index < -0.39 is 0 Å². The number of hydrogen-bond donors (Lipinski definition) is 1. The summed E-state index contributed by atoms with van der Waals surface area (Å²) in [6.45, 7) is 2.21. The second kappa shape index (κ2) is 6.77. The van der Waals surface area contributed by atoms with Crippen LogP contribution in [0.25, 0.3) is 11.3 Å². The van der Waals surface area contributed by atoms with Crippen LogP contribution >= 0.6 is 28.3 Å². The van der Waals surface area contributed by atoms with Crippen molar-refractivity contribution in [3.8, 4) is 11.3 Å². The SMILES string of the molecule is Br.CCCCc1ccc(-c2csc(N)n2)cc1. The number of nitrogens with zero attached hydrogens (tertiary/aromatic N) is 1. The fourth-order valence-electron chi connectivity index (χ4n) is 1.64. The lowest BCUT2D eigenvalue weighted by atomic mass is 10.1. The maximum absolute atomic E-state index is 5.62. The van der Waals surface area contributed by atoms with E-state index in [-0.39, 0.29) is 17.0 Å². The number of aromatic nitrogens is 1. The fourth-order valence-corrected chi connectivity index (χ4v) is 2.22. The lowest BCUT2D eigenvalue weighted by Crippen LogP contribution is -1.86. The van der Waals surface area contributed by atoms with Gasteiger partial charge in [-0.05, 0) is 18.4 Å². The highest BCUT2D eigenvalue weighted by Crippen LogP contribution is 2.23. The molecule has 0 saturated heterocycles. The summed E-state index contributed by atoms with van der Waals surface area (Å²) >= 11 is 1.48. The average molecular weight is 313 g/mol. The number of unbranched alkanes of at least 4 members (excludes halogenated alkanes) is 1. The van der Waals surface area contributed by atoms with Gasteiger partial charge in [-0.3, -0.25) is 0 Å². The minimum absolute atomic E-state index is 0. The number of nitrogens with two attached hydrogens (primary N) is 1. The first-order valence-corrected chi connectivity index (χ1v) is 6.48. The molecule has 2 N–H and O–H groups in total. The predicted molar refractivity (Wildman–Crippen MR) is 80.9 cm³/mol. The highest BCUT2D eigenvalue weighted by molar-refractivity contribution is 8.93. The number of aryl methyl sites for hydroxylation is 1. The number of halogens is 1. The highest BCUT2D eigenvalue weighted by Gasteiger charge is 2.02. The molecule has 0 spiro atoms. The number of nitrogen functional groups attached to an aromatic ring is 1. The third-order valence-electron chi connectivity index (χ3n) is 2.59. The monoisotopic (exact) mass is 312 g/mol. The van der Waals surface area contributed by atoms with Crippen LogP contribution in [0.2, 0.25) is 0 Å². The van der Waals surface area contributed by atoms with E-state index in [9.17, 15) is 0 Å². The first-order valence-electron chi connectivity index (χ1n) is 5.60. The minimum atomic E-state index is 0. The third kappa shape index (κ3) is 3.82. The van der Waals surface area contributed by atoms with Gasteiger partial charge < -0.3 is 5.73 Å². The van der Waals surface area contributed by atoms with Crippen molar-refractivity contribution in [2.75, 3.05) is 5.73 Å². The predicted octanol–water partition coefficient (Wildman–Crippen LogP) is 4.31. The molecule has 92 valence electrons. The number of benzene rings is 1. The molecule has 0 aliphatic carbocycles. The Balaban J connectivity index is 0.00000144. The molecule has 0 atom stereocenters. The zero-order valence-corrected chi connectivity index (χ0v) is 12.4. The molecule has 0 radical (unpaired) electrons. The van der Waals surface area contributed by atoms with Crippen LogP contribution in [0.15, 0.2) is 29.6 Å². The maximum atomic E-state index is 5.62. The molecule has 4 heteroatoms. The van der Waals surface area contributed by atoms with Crippen molar-refractivity contribution in [3.05, 3.63) is 35.2 Å². The van der Waals surface area contributed by atoms with E-state index in [1.54, 1.807) is 0 Å². The summed E-state index contributed by atoms with van der Waals surface area (Å²) in [5, 5.41) is 2.63. The molecule has 17 heavy (non-hydrogen) atoms. The van der Waals surface area contributed by atoms with Gasteiger partial charge in [0.25, 0.3) is 0 Å². The van der Waals surface area contributed by atoms with E-state index >= 15 is 0 Å². The fraction of sp³-hybridized carbons (Fsp3) is 0.308. The molecule has 1 aromatic carbocycles. The molecule has 0 bridgehead atoms. The van der Waals surface area contributed by atoms with Gasteiger partial charge in [0.15, 0.2) is 5.13 Å². The molecule has 0 aliphatic rings. The number of hydrogen-bond acceptors (Lipinski definition) is 3. The van der Waals surface area contributed by atoms with Crippen molar-refractivity contribution >= 4 is 33.4 Å². The minimum Gasteiger partial charge on any atom is -0.375 e. The van der Waals surface area contributed by atoms with Crippen molar-refractivity contribution in [1.29, 1.82) is 0 Å². The summed E-state index contributed by atoms with van der Waals surface area (Å²) in [6, 6.07) is 8.61. The average Bonchev–Trinajstić information content (AvgIpc) is 2.74. The van der Waals surface area contributed by atoms with Crippen LogP contribution in [0.3, 0.4) is 0 Å². The second-order valence-electron chi connectivity index (χ2n) is 3.87. The largest absolute Gasteiger partial charge is 0.375 e. The molecule has 0 saturated carbocycles. The zero-order valence-electron chi connectivity index (χ0n) is 9.85. The Bertz CT molecular complexity index is 451. The Morgan fingerprint density at radius 3 is 2.47 bits per heavy atom. The van der Waals surface area contributed by atoms with E-state index in [1.807, 2.05) is 5.38 Å². The molecular weight excluding hydrogens is 296 g/mol. The van der Waals surface area contributed by atoms with Gasteiger partial charge in [0.05, 0.1) is 5.69 Å². The third-order valence-corrected chi connectivity index (χ3v) is 3.26. The van der Waals surface area contributed by atoms with Gasteiger partial charge in [0, 0.05) is 10.9 Å². The summed E-state index contributed by atoms with van der Waals surface area (Å²) in [7, 11) is 0. The zero-order chi connectivity index (χ0) is 11.4. The summed E-state index contributed by atoms with van der Waals surface area (Å²) in [5.41, 5.74) is 9.14. The van der Waals surface area contributed by atoms with E-state index in [1.165, 1.54) is 29.7 Å². The molecule has 0 aliphatic heterocycles. The van der Waals surface area contributed by atoms with Crippen LogP contribution < -0.4 is 5.73 Å². The Morgan fingerprint density at radius 1 is 1.24 bits per heavy atom. The highest BCUT2D eigenvalue weighted by atomic mass is 79.9. The van der Waals surface area contributed by atoms with Gasteiger partial charge in [-0.1, -0.05) is 37.6 Å². The van der Waals surface area contributed by atoms with Crippen molar-refractivity contribution in [2.24, 2.45) is 0 Å². The van der Waals surface area contributed by atoms with Crippen LogP contribution in [-0.4, -0.2) is 4.98 Å². The molecule has 1 aromatic heterocycles. The quantitative estimate of drug-likeness (QED) is 0.913. The van der Waals surface area contributed by atoms with Gasteiger partial charge in [-0.25, -0.2) is 4.98 Å². The van der Waals surface area contributed by atoms with Crippen LogP contribution in [0.1, 0.15) is 25.3 Å². The van der Waals surface area contributed by atoms with Crippen molar-refractivity contribution in [1.82, 2.24) is 4.98 Å². The molecule has 2 rings (SSSR count). The second-order valence-corrected chi connectivity index (χ2v) is 4.76. The molecule has 2 nitrogen and oxygen atoms in total. The molecule has 0 fully saturated rings. The van der Waals surface area contributed by atoms with Gasteiger partial charge in [0.2, 0.25) is 0 Å². The topological polar surface area (TPSA) is 38.9 Å². The normalized spacial score (nSPS) is 9.94. The lowest BCUT2D eigenvalue weighted by Gasteiger charge is -2.01. The summed E-state index contributed by atoms with van der Waals surface area (Å²) in [5.74, 6) is 0. The Morgan fingerprint density at radius 2 is 1.94 bits per heavy atom.